The lowest BCUT2D eigenvalue weighted by Crippen LogP contribution is -2.22. The fraction of sp³-hybridized carbons (Fsp3) is 0.333. The van der Waals surface area contributed by atoms with Gasteiger partial charge in [-0.2, -0.15) is 0 Å². The summed E-state index contributed by atoms with van der Waals surface area (Å²) < 4.78 is 1.06. The van der Waals surface area contributed by atoms with Crippen LogP contribution in [0.5, 0.6) is 0 Å². The fourth-order valence-electron chi connectivity index (χ4n) is 0.687. The minimum absolute atomic E-state index is 0.189. The van der Waals surface area contributed by atoms with Crippen molar-refractivity contribution in [2.45, 2.75) is 13.3 Å². The number of carbonyl (C=O) groups excluding carboxylic acids is 1. The molecular weight excluding hydrogens is 132 g/mol. The van der Waals surface area contributed by atoms with Crippen molar-refractivity contribution in [2.24, 2.45) is 0 Å². The lowest BCUT2D eigenvalue weighted by molar-refractivity contribution is 0.0905. The van der Waals surface area contributed by atoms with Crippen LogP contribution in [0.4, 0.5) is 0 Å². The average molecular weight is 140 g/mol. The van der Waals surface area contributed by atoms with Gasteiger partial charge in [0.15, 0.2) is 0 Å². The number of nitrogens with zero attached hydrogens (tertiary/aromatic N) is 1. The Labute approximate surface area is 57.5 Å². The van der Waals surface area contributed by atoms with E-state index in [1.54, 1.807) is 6.92 Å². The Morgan fingerprint density at radius 1 is 1.80 bits per heavy atom. The number of aromatic amines is 1. The summed E-state index contributed by atoms with van der Waals surface area (Å²) in [6.45, 7) is 1.71. The molecule has 4 heteroatoms. The molecule has 0 bridgehead atoms. The Balaban J connectivity index is 3.05. The van der Waals surface area contributed by atoms with Crippen molar-refractivity contribution < 1.29 is 4.79 Å². The van der Waals surface area contributed by atoms with E-state index in [1.165, 1.54) is 12.4 Å². The lowest BCUT2D eigenvalue weighted by Gasteiger charge is -1.91. The summed E-state index contributed by atoms with van der Waals surface area (Å²) in [5, 5.41) is 0. The predicted molar refractivity (Wildman–Crippen MR) is 36.0 cm³/mol. The van der Waals surface area contributed by atoms with Gasteiger partial charge in [0.2, 0.25) is 5.91 Å². The highest BCUT2D eigenvalue weighted by molar-refractivity contribution is 5.78. The summed E-state index contributed by atoms with van der Waals surface area (Å²) in [4.78, 5) is 23.9. The smallest absolute Gasteiger partial charge is 0.312 e. The molecule has 0 aliphatic rings. The molecule has 1 heterocycles. The Bertz CT molecular complexity index is 284. The molecule has 0 unspecified atom stereocenters. The van der Waals surface area contributed by atoms with Crippen molar-refractivity contribution in [1.82, 2.24) is 9.55 Å². The van der Waals surface area contributed by atoms with Crippen LogP contribution in [-0.4, -0.2) is 15.5 Å². The van der Waals surface area contributed by atoms with Gasteiger partial charge in [-0.15, -0.1) is 0 Å². The minimum atomic E-state index is -0.369. The maximum atomic E-state index is 10.8. The van der Waals surface area contributed by atoms with E-state index in [0.29, 0.717) is 6.42 Å². The third-order valence-corrected chi connectivity index (χ3v) is 1.22. The van der Waals surface area contributed by atoms with Gasteiger partial charge < -0.3 is 4.98 Å². The Hall–Kier alpha value is -1.32. The van der Waals surface area contributed by atoms with Crippen molar-refractivity contribution in [3.8, 4) is 0 Å². The second-order valence-electron chi connectivity index (χ2n) is 1.88. The lowest BCUT2D eigenvalue weighted by atomic mass is 10.4. The SMILES string of the molecule is CCC(=O)n1cc[nH]c1=O. The number of aromatic nitrogens is 2. The molecule has 1 rings (SSSR count). The highest BCUT2D eigenvalue weighted by atomic mass is 16.2. The quantitative estimate of drug-likeness (QED) is 0.607. The fourth-order valence-corrected chi connectivity index (χ4v) is 0.687. The first-order valence-corrected chi connectivity index (χ1v) is 3.05. The molecule has 0 fully saturated rings. The van der Waals surface area contributed by atoms with Crippen LogP contribution in [0.2, 0.25) is 0 Å². The molecule has 0 amide bonds. The van der Waals surface area contributed by atoms with Gasteiger partial charge in [-0.25, -0.2) is 9.36 Å². The molecule has 0 aliphatic carbocycles. The number of hydrogen-bond donors (Lipinski definition) is 1. The second-order valence-corrected chi connectivity index (χ2v) is 1.88. The summed E-state index contributed by atoms with van der Waals surface area (Å²) in [7, 11) is 0. The van der Waals surface area contributed by atoms with E-state index in [-0.39, 0.29) is 11.6 Å². The Morgan fingerprint density at radius 2 is 2.50 bits per heavy atom. The molecule has 0 aromatic carbocycles. The van der Waals surface area contributed by atoms with Gasteiger partial charge in [0.05, 0.1) is 0 Å². The molecule has 54 valence electrons. The van der Waals surface area contributed by atoms with E-state index in [0.717, 1.165) is 4.57 Å². The van der Waals surface area contributed by atoms with Crippen LogP contribution in [0.25, 0.3) is 0 Å². The summed E-state index contributed by atoms with van der Waals surface area (Å²) in [6, 6.07) is 0. The van der Waals surface area contributed by atoms with Gasteiger partial charge in [-0.05, 0) is 0 Å². The minimum Gasteiger partial charge on any atom is -0.312 e. The maximum absolute atomic E-state index is 10.8. The van der Waals surface area contributed by atoms with E-state index in [9.17, 15) is 9.59 Å². The van der Waals surface area contributed by atoms with Crippen LogP contribution < -0.4 is 5.69 Å². The summed E-state index contributed by atoms with van der Waals surface area (Å²) in [6.07, 6.45) is 3.21. The highest BCUT2D eigenvalue weighted by Crippen LogP contribution is 1.83. The third kappa shape index (κ3) is 1.00. The molecule has 0 spiro atoms. The van der Waals surface area contributed by atoms with Gasteiger partial charge in [0.1, 0.15) is 0 Å². The van der Waals surface area contributed by atoms with Crippen LogP contribution in [0.1, 0.15) is 18.1 Å². The summed E-state index contributed by atoms with van der Waals surface area (Å²) in [5.74, 6) is -0.189. The molecule has 0 saturated carbocycles. The largest absolute Gasteiger partial charge is 0.332 e. The number of nitrogens with one attached hydrogen (secondary N) is 1. The zero-order valence-electron chi connectivity index (χ0n) is 5.63. The molecule has 0 radical (unpaired) electrons. The highest BCUT2D eigenvalue weighted by Gasteiger charge is 2.02. The van der Waals surface area contributed by atoms with Crippen LogP contribution in [0, 0.1) is 0 Å². The number of hydrogen-bond acceptors (Lipinski definition) is 2. The monoisotopic (exact) mass is 140 g/mol. The predicted octanol–water partition coefficient (Wildman–Crippen LogP) is 0.227. The van der Waals surface area contributed by atoms with Gasteiger partial charge in [-0.1, -0.05) is 6.92 Å². The number of H-pyrrole nitrogens is 1. The Morgan fingerprint density at radius 3 is 2.90 bits per heavy atom. The van der Waals surface area contributed by atoms with Crippen LogP contribution >= 0.6 is 0 Å². The van der Waals surface area contributed by atoms with E-state index in [2.05, 4.69) is 4.98 Å². The van der Waals surface area contributed by atoms with Gasteiger partial charge in [0, 0.05) is 18.8 Å². The molecule has 0 aliphatic heterocycles. The molecule has 0 atom stereocenters. The summed E-state index contributed by atoms with van der Waals surface area (Å²) >= 11 is 0. The van der Waals surface area contributed by atoms with E-state index >= 15 is 0 Å². The average Bonchev–Trinajstić information content (AvgIpc) is 2.34. The summed E-state index contributed by atoms with van der Waals surface area (Å²) in [5.41, 5.74) is -0.369. The first-order chi connectivity index (χ1) is 4.75. The van der Waals surface area contributed by atoms with Crippen molar-refractivity contribution in [3.63, 3.8) is 0 Å². The molecule has 0 saturated heterocycles. The standard InChI is InChI=1S/C6H8N2O2/c1-2-5(9)8-4-3-7-6(8)10/h3-4H,2H2,1H3,(H,7,10). The zero-order chi connectivity index (χ0) is 7.56. The van der Waals surface area contributed by atoms with Gasteiger partial charge in [-0.3, -0.25) is 4.79 Å². The molecule has 1 N–H and O–H groups in total. The molecule has 4 nitrogen and oxygen atoms in total. The van der Waals surface area contributed by atoms with Crippen LogP contribution in [0.15, 0.2) is 17.2 Å². The number of imidazole rings is 1. The molecule has 1 aromatic heterocycles. The molecule has 10 heavy (non-hydrogen) atoms. The topological polar surface area (TPSA) is 54.9 Å². The first kappa shape index (κ1) is 6.80. The van der Waals surface area contributed by atoms with Crippen molar-refractivity contribution in [1.29, 1.82) is 0 Å². The third-order valence-electron chi connectivity index (χ3n) is 1.22. The van der Waals surface area contributed by atoms with Crippen molar-refractivity contribution in [3.05, 3.63) is 22.9 Å². The van der Waals surface area contributed by atoms with Gasteiger partial charge in [0.25, 0.3) is 0 Å². The van der Waals surface area contributed by atoms with Crippen molar-refractivity contribution >= 4 is 5.91 Å². The number of rotatable bonds is 1. The van der Waals surface area contributed by atoms with Gasteiger partial charge >= 0.3 is 5.69 Å². The second kappa shape index (κ2) is 2.51. The Kier molecular flexibility index (Phi) is 1.71. The maximum Gasteiger partial charge on any atom is 0.332 e. The normalized spacial score (nSPS) is 9.70. The van der Waals surface area contributed by atoms with Crippen LogP contribution in [-0.2, 0) is 0 Å². The van der Waals surface area contributed by atoms with Crippen LogP contribution in [0.3, 0.4) is 0 Å². The first-order valence-electron chi connectivity index (χ1n) is 3.05. The van der Waals surface area contributed by atoms with Crippen molar-refractivity contribution in [2.75, 3.05) is 0 Å². The van der Waals surface area contributed by atoms with E-state index in [1.807, 2.05) is 0 Å². The van der Waals surface area contributed by atoms with E-state index in [4.69, 9.17) is 0 Å². The molecule has 1 aromatic rings. The molecular formula is C6H8N2O2. The zero-order valence-corrected chi connectivity index (χ0v) is 5.63. The van der Waals surface area contributed by atoms with E-state index < -0.39 is 0 Å². The number of carbonyl (C=O) groups is 1.